The van der Waals surface area contributed by atoms with Crippen LogP contribution in [-0.2, 0) is 4.79 Å². The number of nitrogens with zero attached hydrogens (tertiary/aromatic N) is 2. The van der Waals surface area contributed by atoms with Crippen molar-refractivity contribution in [1.82, 2.24) is 15.4 Å². The van der Waals surface area contributed by atoms with Gasteiger partial charge in [0.05, 0.1) is 0 Å². The average molecular weight is 348 g/mol. The summed E-state index contributed by atoms with van der Waals surface area (Å²) in [6, 6.07) is 2.02. The monoisotopic (exact) mass is 348 g/mol. The standard InChI is InChI=1S/C18H28N4O3/c1-11(19)9-17(23)20-13-5-7-14(8-6-13)22(2)18(24)15-10-16(25-21-15)12-3-4-12/h10-14H,3-9,19H2,1-2H3,(H,20,23)/t11-,13-,14-/m0/s1. The molecule has 1 aromatic rings. The number of nitrogens with one attached hydrogen (secondary N) is 1. The second kappa shape index (κ2) is 7.56. The van der Waals surface area contributed by atoms with Crippen LogP contribution in [0.1, 0.15) is 74.0 Å². The molecule has 1 atom stereocenters. The third-order valence-corrected chi connectivity index (χ3v) is 5.16. The smallest absolute Gasteiger partial charge is 0.276 e. The number of aromatic nitrogens is 1. The van der Waals surface area contributed by atoms with Crippen LogP contribution in [-0.4, -0.2) is 47.0 Å². The maximum Gasteiger partial charge on any atom is 0.276 e. The van der Waals surface area contributed by atoms with E-state index >= 15 is 0 Å². The first-order chi connectivity index (χ1) is 11.9. The zero-order valence-electron chi connectivity index (χ0n) is 15.0. The average Bonchev–Trinajstić information content (AvgIpc) is 3.30. The summed E-state index contributed by atoms with van der Waals surface area (Å²) in [6.07, 6.45) is 6.10. The van der Waals surface area contributed by atoms with E-state index in [1.165, 1.54) is 0 Å². The van der Waals surface area contributed by atoms with Gasteiger partial charge in [-0.05, 0) is 45.4 Å². The van der Waals surface area contributed by atoms with Crippen LogP contribution in [0, 0.1) is 0 Å². The Hall–Kier alpha value is -1.89. The molecular formula is C18H28N4O3. The summed E-state index contributed by atoms with van der Waals surface area (Å²) in [6.45, 7) is 1.83. The number of hydrogen-bond acceptors (Lipinski definition) is 5. The lowest BCUT2D eigenvalue weighted by Crippen LogP contribution is -2.45. The van der Waals surface area contributed by atoms with Gasteiger partial charge in [-0.15, -0.1) is 0 Å². The fourth-order valence-electron chi connectivity index (χ4n) is 3.48. The minimum atomic E-state index is -0.122. The van der Waals surface area contributed by atoms with E-state index in [0.717, 1.165) is 44.3 Å². The Morgan fingerprint density at radius 2 is 2.00 bits per heavy atom. The maximum atomic E-state index is 12.6. The van der Waals surface area contributed by atoms with Crippen molar-refractivity contribution in [3.8, 4) is 0 Å². The summed E-state index contributed by atoms with van der Waals surface area (Å²) < 4.78 is 5.28. The highest BCUT2D eigenvalue weighted by molar-refractivity contribution is 5.92. The normalized spacial score (nSPS) is 24.6. The minimum Gasteiger partial charge on any atom is -0.360 e. The molecule has 2 aliphatic carbocycles. The van der Waals surface area contributed by atoms with Crippen molar-refractivity contribution in [2.45, 2.75) is 75.9 Å². The summed E-state index contributed by atoms with van der Waals surface area (Å²) >= 11 is 0. The quantitative estimate of drug-likeness (QED) is 0.816. The number of nitrogens with two attached hydrogens (primary N) is 1. The van der Waals surface area contributed by atoms with Gasteiger partial charge in [0.1, 0.15) is 5.76 Å². The van der Waals surface area contributed by atoms with Gasteiger partial charge in [-0.25, -0.2) is 0 Å². The van der Waals surface area contributed by atoms with Crippen LogP contribution in [0.5, 0.6) is 0 Å². The molecule has 1 heterocycles. The fraction of sp³-hybridized carbons (Fsp3) is 0.722. The zero-order valence-corrected chi connectivity index (χ0v) is 15.0. The highest BCUT2D eigenvalue weighted by atomic mass is 16.5. The summed E-state index contributed by atoms with van der Waals surface area (Å²) in [4.78, 5) is 26.2. The molecule has 25 heavy (non-hydrogen) atoms. The van der Waals surface area contributed by atoms with E-state index in [4.69, 9.17) is 10.3 Å². The fourth-order valence-corrected chi connectivity index (χ4v) is 3.48. The van der Waals surface area contributed by atoms with Crippen molar-refractivity contribution in [2.24, 2.45) is 5.73 Å². The largest absolute Gasteiger partial charge is 0.360 e. The Kier molecular flexibility index (Phi) is 5.42. The molecule has 0 saturated heterocycles. The summed E-state index contributed by atoms with van der Waals surface area (Å²) in [5, 5.41) is 6.98. The first-order valence-electron chi connectivity index (χ1n) is 9.22. The molecule has 7 heteroatoms. The molecular weight excluding hydrogens is 320 g/mol. The highest BCUT2D eigenvalue weighted by Gasteiger charge is 2.32. The van der Waals surface area contributed by atoms with Crippen molar-refractivity contribution in [3.05, 3.63) is 17.5 Å². The third kappa shape index (κ3) is 4.60. The van der Waals surface area contributed by atoms with Gasteiger partial charge in [-0.1, -0.05) is 5.16 Å². The van der Waals surface area contributed by atoms with E-state index < -0.39 is 0 Å². The van der Waals surface area contributed by atoms with Crippen LogP contribution in [0.2, 0.25) is 0 Å². The number of carbonyl (C=O) groups is 2. The lowest BCUT2D eigenvalue weighted by atomic mass is 9.90. The van der Waals surface area contributed by atoms with Crippen molar-refractivity contribution in [1.29, 1.82) is 0 Å². The molecule has 0 spiro atoms. The Morgan fingerprint density at radius 3 is 2.60 bits per heavy atom. The molecule has 0 aromatic carbocycles. The number of rotatable bonds is 6. The minimum absolute atomic E-state index is 0.0121. The molecule has 2 saturated carbocycles. The molecule has 1 aromatic heterocycles. The van der Waals surface area contributed by atoms with Gasteiger partial charge in [0.2, 0.25) is 5.91 Å². The van der Waals surface area contributed by atoms with Gasteiger partial charge < -0.3 is 20.5 Å². The molecule has 0 bridgehead atoms. The van der Waals surface area contributed by atoms with Gasteiger partial charge in [0.15, 0.2) is 5.69 Å². The topological polar surface area (TPSA) is 101 Å². The number of hydrogen-bond donors (Lipinski definition) is 2. The van der Waals surface area contributed by atoms with E-state index in [0.29, 0.717) is 18.0 Å². The van der Waals surface area contributed by atoms with Gasteiger partial charge in [-0.3, -0.25) is 9.59 Å². The maximum absolute atomic E-state index is 12.6. The van der Waals surface area contributed by atoms with Crippen molar-refractivity contribution >= 4 is 11.8 Å². The summed E-state index contributed by atoms with van der Waals surface area (Å²) in [5.74, 6) is 1.21. The van der Waals surface area contributed by atoms with Crippen LogP contribution in [0.4, 0.5) is 0 Å². The van der Waals surface area contributed by atoms with Crippen LogP contribution in [0.25, 0.3) is 0 Å². The van der Waals surface area contributed by atoms with Gasteiger partial charge >= 0.3 is 0 Å². The molecule has 2 amide bonds. The molecule has 3 N–H and O–H groups in total. The van der Waals surface area contributed by atoms with Crippen LogP contribution < -0.4 is 11.1 Å². The summed E-state index contributed by atoms with van der Waals surface area (Å²) in [7, 11) is 1.83. The van der Waals surface area contributed by atoms with Crippen LogP contribution in [0.15, 0.2) is 10.6 Å². The molecule has 3 rings (SSSR count). The van der Waals surface area contributed by atoms with Gasteiger partial charge in [-0.2, -0.15) is 0 Å². The molecule has 0 aliphatic heterocycles. The Bertz CT molecular complexity index is 616. The molecule has 0 radical (unpaired) electrons. The second-order valence-corrected chi connectivity index (χ2v) is 7.56. The Balaban J connectivity index is 1.48. The molecule has 2 fully saturated rings. The lowest BCUT2D eigenvalue weighted by Gasteiger charge is -2.34. The first-order valence-corrected chi connectivity index (χ1v) is 9.22. The van der Waals surface area contributed by atoms with Gasteiger partial charge in [0.25, 0.3) is 5.91 Å². The number of carbonyl (C=O) groups excluding carboxylic acids is 2. The first kappa shape index (κ1) is 17.9. The van der Waals surface area contributed by atoms with E-state index in [9.17, 15) is 9.59 Å². The second-order valence-electron chi connectivity index (χ2n) is 7.56. The number of amides is 2. The third-order valence-electron chi connectivity index (χ3n) is 5.16. The lowest BCUT2D eigenvalue weighted by molar-refractivity contribution is -0.122. The predicted octanol–water partition coefficient (Wildman–Crippen LogP) is 1.79. The molecule has 0 unspecified atom stereocenters. The predicted molar refractivity (Wildman–Crippen MR) is 93.0 cm³/mol. The Labute approximate surface area is 148 Å². The van der Waals surface area contributed by atoms with E-state index in [1.807, 2.05) is 14.0 Å². The van der Waals surface area contributed by atoms with E-state index in [1.54, 1.807) is 11.0 Å². The molecule has 138 valence electrons. The van der Waals surface area contributed by atoms with Gasteiger partial charge in [0, 0.05) is 43.6 Å². The van der Waals surface area contributed by atoms with Crippen molar-refractivity contribution in [2.75, 3.05) is 7.05 Å². The highest BCUT2D eigenvalue weighted by Crippen LogP contribution is 2.40. The SMILES string of the molecule is C[C@H](N)CC(=O)N[C@H]1CC[C@H](N(C)C(=O)c2cc(C3CC3)on2)CC1. The van der Waals surface area contributed by atoms with Crippen LogP contribution in [0.3, 0.4) is 0 Å². The molecule has 2 aliphatic rings. The summed E-state index contributed by atoms with van der Waals surface area (Å²) in [5.41, 5.74) is 6.05. The van der Waals surface area contributed by atoms with E-state index in [-0.39, 0.29) is 29.9 Å². The van der Waals surface area contributed by atoms with Crippen LogP contribution >= 0.6 is 0 Å². The van der Waals surface area contributed by atoms with E-state index in [2.05, 4.69) is 10.5 Å². The van der Waals surface area contributed by atoms with Crippen molar-refractivity contribution < 1.29 is 14.1 Å². The Morgan fingerprint density at radius 1 is 1.32 bits per heavy atom. The zero-order chi connectivity index (χ0) is 18.0. The van der Waals surface area contributed by atoms with Crippen molar-refractivity contribution in [3.63, 3.8) is 0 Å². The molecule has 7 nitrogen and oxygen atoms in total.